The molecule has 27 heavy (non-hydrogen) atoms. The third kappa shape index (κ3) is 3.85. The molecule has 1 aliphatic rings. The average molecular weight is 432 g/mol. The number of halogens is 1. The monoisotopic (exact) mass is 431 g/mol. The van der Waals surface area contributed by atoms with Gasteiger partial charge in [-0.05, 0) is 24.3 Å². The topological polar surface area (TPSA) is 87.9 Å². The van der Waals surface area contributed by atoms with Gasteiger partial charge in [0, 0.05) is 27.7 Å². The van der Waals surface area contributed by atoms with Crippen molar-refractivity contribution in [3.8, 4) is 11.5 Å². The number of ether oxygens (including phenoxy) is 3. The van der Waals surface area contributed by atoms with Crippen LogP contribution in [-0.2, 0) is 9.53 Å². The lowest BCUT2D eigenvalue weighted by atomic mass is 10.1. The van der Waals surface area contributed by atoms with Gasteiger partial charge in [0.2, 0.25) is 5.75 Å². The van der Waals surface area contributed by atoms with Crippen LogP contribution in [0.4, 0.5) is 5.69 Å². The number of methoxy groups -OCH3 is 2. The van der Waals surface area contributed by atoms with Crippen LogP contribution < -0.4 is 9.47 Å². The molecule has 0 saturated heterocycles. The van der Waals surface area contributed by atoms with E-state index in [1.807, 2.05) is 24.3 Å². The lowest BCUT2D eigenvalue weighted by Gasteiger charge is -2.08. The van der Waals surface area contributed by atoms with Crippen LogP contribution in [-0.4, -0.2) is 25.1 Å². The van der Waals surface area contributed by atoms with Gasteiger partial charge in [-0.2, -0.15) is 0 Å². The van der Waals surface area contributed by atoms with E-state index >= 15 is 0 Å². The number of nitro groups is 1. The summed E-state index contributed by atoms with van der Waals surface area (Å²) in [6.07, 6.45) is 3.07. The second-order valence-corrected chi connectivity index (χ2v) is 6.44. The molecule has 0 aromatic heterocycles. The summed E-state index contributed by atoms with van der Waals surface area (Å²) in [6.45, 7) is 0. The second kappa shape index (κ2) is 7.63. The fourth-order valence-electron chi connectivity index (χ4n) is 2.57. The highest BCUT2D eigenvalue weighted by Crippen LogP contribution is 2.37. The molecule has 1 heterocycles. The molecule has 0 aliphatic carbocycles. The average Bonchev–Trinajstić information content (AvgIpc) is 3.02. The van der Waals surface area contributed by atoms with Gasteiger partial charge < -0.3 is 14.2 Å². The van der Waals surface area contributed by atoms with E-state index in [4.69, 9.17) is 14.2 Å². The van der Waals surface area contributed by atoms with Crippen molar-refractivity contribution >= 4 is 39.4 Å². The molecule has 0 radical (unpaired) electrons. The van der Waals surface area contributed by atoms with E-state index in [1.54, 1.807) is 6.08 Å². The molecule has 2 aromatic rings. The third-order valence-corrected chi connectivity index (χ3v) is 4.42. The van der Waals surface area contributed by atoms with Crippen molar-refractivity contribution < 1.29 is 23.9 Å². The van der Waals surface area contributed by atoms with E-state index in [0.717, 1.165) is 10.0 Å². The molecule has 0 fully saturated rings. The van der Waals surface area contributed by atoms with E-state index < -0.39 is 10.9 Å². The van der Waals surface area contributed by atoms with Crippen molar-refractivity contribution in [3.05, 3.63) is 73.8 Å². The van der Waals surface area contributed by atoms with Crippen LogP contribution in [0.25, 0.3) is 11.8 Å². The van der Waals surface area contributed by atoms with Crippen molar-refractivity contribution in [2.75, 3.05) is 14.2 Å². The Morgan fingerprint density at radius 2 is 1.78 bits per heavy atom. The van der Waals surface area contributed by atoms with Gasteiger partial charge in [0.1, 0.15) is 11.5 Å². The fourth-order valence-corrected chi connectivity index (χ4v) is 2.84. The minimum absolute atomic E-state index is 0.0686. The molecule has 0 atom stereocenters. The van der Waals surface area contributed by atoms with Crippen LogP contribution >= 0.6 is 15.9 Å². The number of cyclic esters (lactones) is 1. The van der Waals surface area contributed by atoms with Crippen LogP contribution in [0, 0.1) is 10.1 Å². The number of nitro benzene ring substituents is 1. The van der Waals surface area contributed by atoms with Crippen LogP contribution in [0.1, 0.15) is 11.1 Å². The Labute approximate surface area is 163 Å². The molecule has 0 spiro atoms. The summed E-state index contributed by atoms with van der Waals surface area (Å²) in [5, 5.41) is 11.3. The zero-order chi connectivity index (χ0) is 19.6. The molecule has 0 bridgehead atoms. The van der Waals surface area contributed by atoms with Crippen LogP contribution in [0.2, 0.25) is 0 Å². The first-order chi connectivity index (χ1) is 12.9. The summed E-state index contributed by atoms with van der Waals surface area (Å²) >= 11 is 3.35. The molecule has 0 N–H and O–H groups in total. The largest absolute Gasteiger partial charge is 0.496 e. The minimum Gasteiger partial charge on any atom is -0.496 e. The predicted octanol–water partition coefficient (Wildman–Crippen LogP) is 4.36. The van der Waals surface area contributed by atoms with Gasteiger partial charge in [-0.3, -0.25) is 10.1 Å². The maximum Gasteiger partial charge on any atom is 0.343 e. The number of rotatable bonds is 5. The SMILES string of the molecule is COc1cc(OC)c([N+](=O)[O-])cc1/C=C1\C=C(c2ccc(Br)cc2)OC1=O. The molecular weight excluding hydrogens is 418 g/mol. The summed E-state index contributed by atoms with van der Waals surface area (Å²) in [4.78, 5) is 22.9. The number of carbonyl (C=O) groups excluding carboxylic acids is 1. The van der Waals surface area contributed by atoms with Crippen LogP contribution in [0.5, 0.6) is 11.5 Å². The first-order valence-electron chi connectivity index (χ1n) is 7.75. The zero-order valence-electron chi connectivity index (χ0n) is 14.4. The molecule has 0 amide bonds. The lowest BCUT2D eigenvalue weighted by Crippen LogP contribution is -1.99. The van der Waals surface area contributed by atoms with Gasteiger partial charge in [0.25, 0.3) is 0 Å². The normalized spacial score (nSPS) is 14.7. The van der Waals surface area contributed by atoms with Gasteiger partial charge in [0.05, 0.1) is 24.7 Å². The summed E-state index contributed by atoms with van der Waals surface area (Å²) in [6, 6.07) is 9.99. The van der Waals surface area contributed by atoms with E-state index in [-0.39, 0.29) is 17.0 Å². The van der Waals surface area contributed by atoms with Crippen molar-refractivity contribution in [1.29, 1.82) is 0 Å². The highest BCUT2D eigenvalue weighted by molar-refractivity contribution is 9.10. The summed E-state index contributed by atoms with van der Waals surface area (Å²) in [5.74, 6) is 0.261. The molecule has 8 heteroatoms. The van der Waals surface area contributed by atoms with Crippen LogP contribution in [0.15, 0.2) is 52.5 Å². The van der Waals surface area contributed by atoms with Crippen molar-refractivity contribution in [2.24, 2.45) is 0 Å². The first kappa shape index (κ1) is 18.7. The van der Waals surface area contributed by atoms with Crippen molar-refractivity contribution in [1.82, 2.24) is 0 Å². The van der Waals surface area contributed by atoms with E-state index in [0.29, 0.717) is 17.1 Å². The van der Waals surface area contributed by atoms with Gasteiger partial charge >= 0.3 is 11.7 Å². The maximum absolute atomic E-state index is 12.2. The quantitative estimate of drug-likeness (QED) is 0.302. The van der Waals surface area contributed by atoms with E-state index in [2.05, 4.69) is 15.9 Å². The Hall–Kier alpha value is -3.13. The number of hydrogen-bond donors (Lipinski definition) is 0. The van der Waals surface area contributed by atoms with Gasteiger partial charge in [0.15, 0.2) is 0 Å². The smallest absolute Gasteiger partial charge is 0.343 e. The number of esters is 1. The maximum atomic E-state index is 12.2. The summed E-state index contributed by atoms with van der Waals surface area (Å²) in [7, 11) is 2.76. The van der Waals surface area contributed by atoms with E-state index in [9.17, 15) is 14.9 Å². The minimum atomic E-state index is -0.559. The number of hydrogen-bond acceptors (Lipinski definition) is 6. The van der Waals surface area contributed by atoms with Gasteiger partial charge in [-0.25, -0.2) is 4.79 Å². The first-order valence-corrected chi connectivity index (χ1v) is 8.54. The predicted molar refractivity (Wildman–Crippen MR) is 102 cm³/mol. The molecule has 1 aliphatic heterocycles. The Balaban J connectivity index is 2.05. The number of benzene rings is 2. The zero-order valence-corrected chi connectivity index (χ0v) is 16.0. The highest BCUT2D eigenvalue weighted by atomic mass is 79.9. The fraction of sp³-hybridized carbons (Fsp3) is 0.105. The molecule has 7 nitrogen and oxygen atoms in total. The van der Waals surface area contributed by atoms with Crippen molar-refractivity contribution in [2.45, 2.75) is 0 Å². The summed E-state index contributed by atoms with van der Waals surface area (Å²) < 4.78 is 16.5. The van der Waals surface area contributed by atoms with Gasteiger partial charge in [-0.1, -0.05) is 28.1 Å². The molecule has 2 aromatic carbocycles. The molecule has 3 rings (SSSR count). The van der Waals surface area contributed by atoms with Crippen LogP contribution in [0.3, 0.4) is 0 Å². The third-order valence-electron chi connectivity index (χ3n) is 3.89. The standard InChI is InChI=1S/C19H14BrNO6/c1-25-16-10-18(26-2)15(21(23)24)8-12(16)7-13-9-17(27-19(13)22)11-3-5-14(20)6-4-11/h3-10H,1-2H3/b13-7+. The Kier molecular flexibility index (Phi) is 5.27. The van der Waals surface area contributed by atoms with Gasteiger partial charge in [-0.15, -0.1) is 0 Å². The molecular formula is C19H14BrNO6. The lowest BCUT2D eigenvalue weighted by molar-refractivity contribution is -0.385. The molecule has 0 unspecified atom stereocenters. The molecule has 138 valence electrons. The number of carbonyl (C=O) groups is 1. The van der Waals surface area contributed by atoms with E-state index in [1.165, 1.54) is 32.4 Å². The number of nitrogens with zero attached hydrogens (tertiary/aromatic N) is 1. The Bertz CT molecular complexity index is 978. The molecule has 0 saturated carbocycles. The van der Waals surface area contributed by atoms with Crippen molar-refractivity contribution in [3.63, 3.8) is 0 Å². The second-order valence-electron chi connectivity index (χ2n) is 5.53. The Morgan fingerprint density at radius 3 is 2.37 bits per heavy atom. The summed E-state index contributed by atoms with van der Waals surface area (Å²) in [5.41, 5.74) is 1.13. The Morgan fingerprint density at radius 1 is 1.11 bits per heavy atom. The highest BCUT2D eigenvalue weighted by Gasteiger charge is 2.24.